The van der Waals surface area contributed by atoms with Crippen molar-refractivity contribution in [2.75, 3.05) is 0 Å². The summed E-state index contributed by atoms with van der Waals surface area (Å²) in [5.41, 5.74) is 3.00. The summed E-state index contributed by atoms with van der Waals surface area (Å²) in [6.07, 6.45) is 6.66. The number of hydrogen-bond donors (Lipinski definition) is 0. The monoisotopic (exact) mass is 204 g/mol. The third-order valence-electron chi connectivity index (χ3n) is 3.16. The van der Waals surface area contributed by atoms with Gasteiger partial charge in [-0.3, -0.25) is 0 Å². The Hall–Kier alpha value is -0.780. The highest BCUT2D eigenvalue weighted by molar-refractivity contribution is 5.25. The number of aryl methyl sites for hydroxylation is 1. The molecule has 0 aliphatic heterocycles. The highest BCUT2D eigenvalue weighted by Gasteiger charge is 2.08. The van der Waals surface area contributed by atoms with Crippen LogP contribution in [0.25, 0.3) is 0 Å². The second-order valence-corrected chi connectivity index (χ2v) is 4.57. The van der Waals surface area contributed by atoms with Crippen LogP contribution < -0.4 is 0 Å². The lowest BCUT2D eigenvalue weighted by molar-refractivity contribution is 0.437. The Morgan fingerprint density at radius 1 is 1.00 bits per heavy atom. The zero-order valence-corrected chi connectivity index (χ0v) is 10.4. The van der Waals surface area contributed by atoms with Crippen molar-refractivity contribution in [3.8, 4) is 0 Å². The van der Waals surface area contributed by atoms with Crippen molar-refractivity contribution < 1.29 is 0 Å². The zero-order valence-electron chi connectivity index (χ0n) is 10.4. The van der Waals surface area contributed by atoms with Gasteiger partial charge in [0.05, 0.1) is 0 Å². The van der Waals surface area contributed by atoms with Crippen LogP contribution in [0.15, 0.2) is 24.3 Å². The molecule has 0 heteroatoms. The average Bonchev–Trinajstić information content (AvgIpc) is 2.22. The third-order valence-corrected chi connectivity index (χ3v) is 3.16. The molecule has 0 N–H and O–H groups in total. The van der Waals surface area contributed by atoms with Crippen molar-refractivity contribution in [1.29, 1.82) is 0 Å². The van der Waals surface area contributed by atoms with E-state index in [9.17, 15) is 0 Å². The lowest BCUT2D eigenvalue weighted by atomic mass is 9.89. The van der Waals surface area contributed by atoms with Crippen LogP contribution in [-0.2, 0) is 6.42 Å². The van der Waals surface area contributed by atoms with Crippen LogP contribution in [0.4, 0.5) is 0 Å². The molecule has 0 unspecified atom stereocenters. The van der Waals surface area contributed by atoms with Gasteiger partial charge in [0, 0.05) is 0 Å². The Balaban J connectivity index is 2.60. The predicted molar refractivity (Wildman–Crippen MR) is 68.2 cm³/mol. The molecule has 1 aromatic carbocycles. The van der Waals surface area contributed by atoms with E-state index in [1.54, 1.807) is 5.56 Å². The van der Waals surface area contributed by atoms with E-state index in [4.69, 9.17) is 0 Å². The number of rotatable bonds is 6. The van der Waals surface area contributed by atoms with Crippen LogP contribution in [0.5, 0.6) is 0 Å². The van der Waals surface area contributed by atoms with Crippen LogP contribution in [-0.4, -0.2) is 0 Å². The second kappa shape index (κ2) is 6.66. The van der Waals surface area contributed by atoms with Gasteiger partial charge in [-0.15, -0.1) is 0 Å². The molecule has 0 nitrogen and oxygen atoms in total. The highest BCUT2D eigenvalue weighted by atomic mass is 14.1. The molecular weight excluding hydrogens is 180 g/mol. The normalized spacial score (nSPS) is 10.9. The average molecular weight is 204 g/mol. The number of hydrogen-bond acceptors (Lipinski definition) is 0. The van der Waals surface area contributed by atoms with Gasteiger partial charge in [-0.2, -0.15) is 0 Å². The van der Waals surface area contributed by atoms with Crippen LogP contribution in [0.1, 0.15) is 50.7 Å². The molecule has 84 valence electrons. The molecule has 1 aromatic rings. The number of benzene rings is 1. The Morgan fingerprint density at radius 2 is 1.60 bits per heavy atom. The molecule has 0 aliphatic rings. The van der Waals surface area contributed by atoms with Crippen molar-refractivity contribution >= 4 is 0 Å². The predicted octanol–water partition coefficient (Wildman–Crippen LogP) is 4.75. The summed E-state index contributed by atoms with van der Waals surface area (Å²) >= 11 is 0. The van der Waals surface area contributed by atoms with Crippen molar-refractivity contribution in [3.63, 3.8) is 0 Å². The minimum atomic E-state index is 0.890. The molecule has 1 rings (SSSR count). The Kier molecular flexibility index (Phi) is 5.45. The lowest BCUT2D eigenvalue weighted by Gasteiger charge is -2.16. The zero-order chi connectivity index (χ0) is 11.1. The molecule has 0 saturated carbocycles. The first kappa shape index (κ1) is 12.3. The smallest absolute Gasteiger partial charge is 0.0248 e. The van der Waals surface area contributed by atoms with E-state index in [1.165, 1.54) is 37.7 Å². The third kappa shape index (κ3) is 4.07. The van der Waals surface area contributed by atoms with Crippen molar-refractivity contribution in [3.05, 3.63) is 35.4 Å². The molecule has 0 heterocycles. The van der Waals surface area contributed by atoms with Gasteiger partial charge in [-0.05, 0) is 30.4 Å². The Morgan fingerprint density at radius 3 is 2.13 bits per heavy atom. The van der Waals surface area contributed by atoms with Gasteiger partial charge in [0.2, 0.25) is 0 Å². The van der Waals surface area contributed by atoms with Gasteiger partial charge in [0.25, 0.3) is 0 Å². The second-order valence-electron chi connectivity index (χ2n) is 4.57. The van der Waals surface area contributed by atoms with E-state index in [-0.39, 0.29) is 0 Å². The van der Waals surface area contributed by atoms with Crippen LogP contribution in [0.3, 0.4) is 0 Å². The van der Waals surface area contributed by atoms with Gasteiger partial charge in [-0.25, -0.2) is 0 Å². The standard InChI is InChI=1S/C15H24/c1-4-8-14(9-5-2)12-15-11-7-6-10-13(15)3/h6-7,10-11,14H,4-5,8-9,12H2,1-3H3. The molecule has 0 bridgehead atoms. The van der Waals surface area contributed by atoms with Crippen molar-refractivity contribution in [2.45, 2.75) is 52.9 Å². The minimum Gasteiger partial charge on any atom is -0.0654 e. The van der Waals surface area contributed by atoms with Crippen LogP contribution >= 0.6 is 0 Å². The van der Waals surface area contributed by atoms with E-state index in [0.717, 1.165) is 5.92 Å². The molecule has 0 aromatic heterocycles. The maximum Gasteiger partial charge on any atom is -0.0248 e. The topological polar surface area (TPSA) is 0 Å². The van der Waals surface area contributed by atoms with Crippen molar-refractivity contribution in [1.82, 2.24) is 0 Å². The summed E-state index contributed by atoms with van der Waals surface area (Å²) in [5, 5.41) is 0. The maximum atomic E-state index is 2.29. The summed E-state index contributed by atoms with van der Waals surface area (Å²) in [7, 11) is 0. The summed E-state index contributed by atoms with van der Waals surface area (Å²) in [6, 6.07) is 8.81. The van der Waals surface area contributed by atoms with E-state index >= 15 is 0 Å². The fourth-order valence-corrected chi connectivity index (χ4v) is 2.32. The molecule has 0 aliphatic carbocycles. The fraction of sp³-hybridized carbons (Fsp3) is 0.600. The SMILES string of the molecule is CCCC(CCC)Cc1ccccc1C. The van der Waals surface area contributed by atoms with E-state index in [2.05, 4.69) is 45.0 Å². The Labute approximate surface area is 94.7 Å². The van der Waals surface area contributed by atoms with Gasteiger partial charge >= 0.3 is 0 Å². The van der Waals surface area contributed by atoms with Crippen LogP contribution in [0, 0.1) is 12.8 Å². The largest absolute Gasteiger partial charge is 0.0654 e. The highest BCUT2D eigenvalue weighted by Crippen LogP contribution is 2.21. The van der Waals surface area contributed by atoms with E-state index in [1.807, 2.05) is 0 Å². The van der Waals surface area contributed by atoms with Gasteiger partial charge in [0.15, 0.2) is 0 Å². The molecule has 0 saturated heterocycles. The van der Waals surface area contributed by atoms with E-state index in [0.29, 0.717) is 0 Å². The Bertz CT molecular complexity index is 269. The molecular formula is C15H24. The quantitative estimate of drug-likeness (QED) is 0.627. The van der Waals surface area contributed by atoms with Crippen molar-refractivity contribution in [2.24, 2.45) is 5.92 Å². The summed E-state index contributed by atoms with van der Waals surface area (Å²) < 4.78 is 0. The first-order valence-corrected chi connectivity index (χ1v) is 6.32. The van der Waals surface area contributed by atoms with Gasteiger partial charge in [-0.1, -0.05) is 63.8 Å². The summed E-state index contributed by atoms with van der Waals surface area (Å²) in [6.45, 7) is 6.81. The molecule has 0 atom stereocenters. The van der Waals surface area contributed by atoms with Gasteiger partial charge in [0.1, 0.15) is 0 Å². The van der Waals surface area contributed by atoms with Gasteiger partial charge < -0.3 is 0 Å². The molecule has 15 heavy (non-hydrogen) atoms. The van der Waals surface area contributed by atoms with Crippen LogP contribution in [0.2, 0.25) is 0 Å². The summed E-state index contributed by atoms with van der Waals surface area (Å²) in [5.74, 6) is 0.890. The molecule has 0 radical (unpaired) electrons. The first-order valence-electron chi connectivity index (χ1n) is 6.32. The first-order chi connectivity index (χ1) is 7.27. The molecule has 0 amide bonds. The summed E-state index contributed by atoms with van der Waals surface area (Å²) in [4.78, 5) is 0. The maximum absolute atomic E-state index is 2.29. The van der Waals surface area contributed by atoms with E-state index < -0.39 is 0 Å². The fourth-order valence-electron chi connectivity index (χ4n) is 2.32. The lowest BCUT2D eigenvalue weighted by Crippen LogP contribution is -2.05. The molecule has 0 fully saturated rings. The minimum absolute atomic E-state index is 0.890. The molecule has 0 spiro atoms.